The van der Waals surface area contributed by atoms with Crippen molar-refractivity contribution in [3.63, 3.8) is 0 Å². The lowest BCUT2D eigenvalue weighted by Crippen LogP contribution is -2.27. The van der Waals surface area contributed by atoms with Crippen molar-refractivity contribution >= 4 is 56.1 Å². The number of nitrogens with zero attached hydrogens (tertiary/aromatic N) is 7. The van der Waals surface area contributed by atoms with E-state index in [9.17, 15) is 44.8 Å². The number of hydrogen-bond donors (Lipinski definition) is 5. The van der Waals surface area contributed by atoms with E-state index < -0.39 is 57.9 Å². The van der Waals surface area contributed by atoms with E-state index in [1.54, 1.807) is 80.8 Å². The lowest BCUT2D eigenvalue weighted by molar-refractivity contribution is 0.281. The Balaban J connectivity index is 0.000000137. The molecule has 12 aromatic rings. The number of halogens is 6. The lowest BCUT2D eigenvalue weighted by atomic mass is 9.83. The van der Waals surface area contributed by atoms with Gasteiger partial charge in [-0.1, -0.05) is 71.7 Å². The molecule has 0 saturated heterocycles. The van der Waals surface area contributed by atoms with Crippen LogP contribution in [0.1, 0.15) is 73.4 Å². The maximum atomic E-state index is 15.6. The molecule has 0 radical (unpaired) electrons. The summed E-state index contributed by atoms with van der Waals surface area (Å²) < 4.78 is 93.5. The maximum absolute atomic E-state index is 15.6. The highest BCUT2D eigenvalue weighted by molar-refractivity contribution is 6.30. The van der Waals surface area contributed by atoms with Gasteiger partial charge >= 0.3 is 16.9 Å². The molecule has 0 amide bonds. The first-order valence-corrected chi connectivity index (χ1v) is 31.2. The summed E-state index contributed by atoms with van der Waals surface area (Å²) in [7, 11) is 0. The summed E-state index contributed by atoms with van der Waals surface area (Å²) in [5.74, 6) is -6.73. The molecule has 8 N–H and O–H groups in total. The number of benzene rings is 6. The topological polar surface area (TPSA) is 360 Å². The fourth-order valence-corrected chi connectivity index (χ4v) is 12.5. The van der Waals surface area contributed by atoms with Crippen LogP contribution >= 0.6 is 23.2 Å². The summed E-state index contributed by atoms with van der Waals surface area (Å²) in [6, 6.07) is 35.6. The van der Waals surface area contributed by atoms with Gasteiger partial charge < -0.3 is 54.9 Å². The Bertz CT molecular complexity index is 5990. The number of nitriles is 3. The Kier molecular flexibility index (Phi) is 18.2. The molecule has 0 aliphatic carbocycles. The summed E-state index contributed by atoms with van der Waals surface area (Å²) in [6.07, 6.45) is 7.51. The predicted octanol–water partition coefficient (Wildman–Crippen LogP) is 13.1. The highest BCUT2D eigenvalue weighted by atomic mass is 35.5. The van der Waals surface area contributed by atoms with Crippen LogP contribution in [0.15, 0.2) is 214 Å². The Labute approximate surface area is 582 Å². The Morgan fingerprint density at radius 1 is 0.451 bits per heavy atom. The van der Waals surface area contributed by atoms with Gasteiger partial charge in [-0.25, -0.2) is 51.9 Å². The lowest BCUT2D eigenvalue weighted by Gasteiger charge is -2.26. The van der Waals surface area contributed by atoms with E-state index in [0.29, 0.717) is 65.6 Å². The number of aliphatic hydroxyl groups is 2. The van der Waals surface area contributed by atoms with Crippen molar-refractivity contribution in [2.24, 2.45) is 17.2 Å². The quantitative estimate of drug-likeness (QED) is 0.0536. The van der Waals surface area contributed by atoms with Gasteiger partial charge in [-0.15, -0.1) is 0 Å². The van der Waals surface area contributed by atoms with Gasteiger partial charge in [0.15, 0.2) is 17.2 Å². The van der Waals surface area contributed by atoms with Crippen molar-refractivity contribution in [3.05, 3.63) is 307 Å². The van der Waals surface area contributed by atoms with Crippen LogP contribution in [0.5, 0.6) is 17.2 Å². The monoisotopic (exact) mass is 1410 g/mol. The minimum atomic E-state index is -1.21. The van der Waals surface area contributed by atoms with Crippen LogP contribution in [0.25, 0.3) is 66.3 Å². The van der Waals surface area contributed by atoms with Crippen molar-refractivity contribution in [3.8, 4) is 68.8 Å². The number of nitrogens with two attached hydrogens (primary N) is 3. The average Bonchev–Trinajstić information content (AvgIpc) is 0.747. The first-order chi connectivity index (χ1) is 49.1. The summed E-state index contributed by atoms with van der Waals surface area (Å²) in [4.78, 5) is 55.1. The van der Waals surface area contributed by atoms with Crippen LogP contribution in [-0.2, 0) is 13.2 Å². The summed E-state index contributed by atoms with van der Waals surface area (Å²) >= 11 is 12.0. The fraction of sp³-hybridized carbons (Fsp3) is 0.0933. The van der Waals surface area contributed by atoms with Crippen LogP contribution < -0.4 is 48.3 Å². The Hall–Kier alpha value is -13.0. The third-order valence-electron chi connectivity index (χ3n) is 17.2. The van der Waals surface area contributed by atoms with Crippen LogP contribution in [0.3, 0.4) is 0 Å². The first kappa shape index (κ1) is 67.6. The number of ether oxygens (including phenoxy) is 3. The molecule has 3 unspecified atom stereocenters. The Morgan fingerprint density at radius 2 is 0.824 bits per heavy atom. The first-order valence-electron chi connectivity index (χ1n) is 30.4. The van der Waals surface area contributed by atoms with Gasteiger partial charge in [-0.2, -0.15) is 15.8 Å². The van der Waals surface area contributed by atoms with Crippen molar-refractivity contribution in [2.45, 2.75) is 44.8 Å². The number of pyridine rings is 2. The van der Waals surface area contributed by atoms with Crippen molar-refractivity contribution < 1.29 is 55.2 Å². The molecular formula is C75H46Cl2F4N10O11. The minimum Gasteiger partial charge on any atom is -0.439 e. The average molecular weight is 1410 g/mol. The molecule has 9 heterocycles. The summed E-state index contributed by atoms with van der Waals surface area (Å²) in [6.45, 7) is 3.08. The van der Waals surface area contributed by atoms with Crippen molar-refractivity contribution in [1.82, 2.24) is 19.9 Å². The van der Waals surface area contributed by atoms with E-state index in [2.05, 4.69) is 19.9 Å². The molecule has 0 spiro atoms. The number of aromatic nitrogens is 4. The maximum Gasteiger partial charge on any atom is 0.344 e. The SMILES string of the molecule is Cc1cc(-c2ccc(C3C(C#N)=C(N)Oc4c3c(=O)oc3cc(CO)ccc43)c(F)c2)cnc1Cl.Cc1cc(-c2ccc(C3C(C#N)=C(N)Oc4c3c(=O)oc3ccc(F)cc43)c(F)c2)cnc1Cl.N#CC1=C(N)Oc2c(c(=O)oc3cc(CO)ccc23)C1c1ccc(-c2cncnc2)cc1F. The summed E-state index contributed by atoms with van der Waals surface area (Å²) in [5.41, 5.74) is 21.6. The van der Waals surface area contributed by atoms with Crippen LogP contribution in [0.2, 0.25) is 10.3 Å². The molecule has 15 rings (SSSR count). The second-order valence-corrected chi connectivity index (χ2v) is 24.0. The largest absolute Gasteiger partial charge is 0.439 e. The van der Waals surface area contributed by atoms with E-state index in [1.807, 2.05) is 18.2 Å². The zero-order chi connectivity index (χ0) is 72.1. The normalized spacial score (nSPS) is 15.1. The van der Waals surface area contributed by atoms with E-state index in [1.165, 1.54) is 73.3 Å². The van der Waals surface area contributed by atoms with E-state index >= 15 is 13.2 Å². The molecule has 3 atom stereocenters. The van der Waals surface area contributed by atoms with Crippen LogP contribution in [0, 0.1) is 71.1 Å². The number of fused-ring (bicyclic) bond motifs is 9. The highest BCUT2D eigenvalue weighted by Gasteiger charge is 2.41. The fourth-order valence-electron chi connectivity index (χ4n) is 12.2. The molecule has 102 heavy (non-hydrogen) atoms. The molecule has 504 valence electrons. The van der Waals surface area contributed by atoms with E-state index in [0.717, 1.165) is 23.3 Å². The smallest absolute Gasteiger partial charge is 0.344 e. The van der Waals surface area contributed by atoms with Crippen LogP contribution in [-0.4, -0.2) is 30.1 Å². The molecule has 0 fully saturated rings. The number of allylic oxidation sites excluding steroid dienone is 3. The number of aliphatic hydroxyl groups excluding tert-OH is 2. The summed E-state index contributed by atoms with van der Waals surface area (Å²) in [5, 5.41) is 49.7. The minimum absolute atomic E-state index is 0.00879. The van der Waals surface area contributed by atoms with Crippen molar-refractivity contribution in [2.75, 3.05) is 0 Å². The van der Waals surface area contributed by atoms with Gasteiger partial charge in [0.1, 0.15) is 91.6 Å². The molecule has 6 aromatic heterocycles. The van der Waals surface area contributed by atoms with Gasteiger partial charge in [-0.05, 0) is 126 Å². The Morgan fingerprint density at radius 3 is 1.19 bits per heavy atom. The van der Waals surface area contributed by atoms with Gasteiger partial charge in [0, 0.05) is 58.2 Å². The van der Waals surface area contributed by atoms with Gasteiger partial charge in [0.25, 0.3) is 0 Å². The molecule has 27 heteroatoms. The molecule has 0 bridgehead atoms. The molecule has 21 nitrogen and oxygen atoms in total. The second kappa shape index (κ2) is 27.4. The van der Waals surface area contributed by atoms with Crippen molar-refractivity contribution in [1.29, 1.82) is 15.8 Å². The number of hydrogen-bond acceptors (Lipinski definition) is 21. The molecule has 6 aromatic carbocycles. The third-order valence-corrected chi connectivity index (χ3v) is 18.0. The van der Waals surface area contributed by atoms with E-state index in [4.69, 9.17) is 67.9 Å². The van der Waals surface area contributed by atoms with Gasteiger partial charge in [0.2, 0.25) is 17.6 Å². The van der Waals surface area contributed by atoms with Gasteiger partial charge in [0.05, 0.1) is 63.8 Å². The standard InChI is InChI=1S/C26H17ClFN3O4.C25H14ClF2N3O3.C24H15FN4O4/c1-12-6-15(10-31-24(12)27)14-3-5-16(19(28)8-14)21-18(9-29)25(30)35-23-17-4-2-13(11-32)7-20(17)34-26(33)22(21)23;1-11-6-13(10-31-23(11)26)12-2-4-15(18(28)7-12)20-17(9-29)24(30)34-22-16-8-14(27)3-5-19(16)33-25(32)21(20)22;25-18-6-13(14-8-28-11-29-9-14)2-4-15(18)20-17(7-26)23(27)33-22-16-3-1-12(10-30)5-19(16)32-24(31)21(20)22/h2-8,10,21,32H,11,30H2,1H3;2-8,10,20H,30H2,1H3;1-6,8-9,11,20,30H,10,27H2. The van der Waals surface area contributed by atoms with Crippen LogP contribution in [0.4, 0.5) is 17.6 Å². The molecule has 3 aliphatic heterocycles. The highest BCUT2D eigenvalue weighted by Crippen LogP contribution is 2.49. The number of rotatable bonds is 8. The molecule has 0 saturated carbocycles. The molecule has 3 aliphatic rings. The third kappa shape index (κ3) is 12.3. The predicted molar refractivity (Wildman–Crippen MR) is 363 cm³/mol. The number of aryl methyl sites for hydroxylation is 2. The molecular weight excluding hydrogens is 1360 g/mol. The zero-order valence-corrected chi connectivity index (χ0v) is 54.3. The second-order valence-electron chi connectivity index (χ2n) is 23.3. The van der Waals surface area contributed by atoms with Gasteiger partial charge in [-0.3, -0.25) is 0 Å². The van der Waals surface area contributed by atoms with E-state index in [-0.39, 0.29) is 120 Å². The zero-order valence-electron chi connectivity index (χ0n) is 52.8.